The molecule has 2 amide bonds. The van der Waals surface area contributed by atoms with Gasteiger partial charge in [-0.1, -0.05) is 19.9 Å². The minimum atomic E-state index is -0.268. The van der Waals surface area contributed by atoms with Crippen molar-refractivity contribution in [3.05, 3.63) is 29.8 Å². The van der Waals surface area contributed by atoms with Gasteiger partial charge in [0.2, 0.25) is 11.8 Å². The zero-order chi connectivity index (χ0) is 15.1. The van der Waals surface area contributed by atoms with E-state index >= 15 is 0 Å². The second kappa shape index (κ2) is 7.29. The van der Waals surface area contributed by atoms with E-state index in [1.807, 2.05) is 19.9 Å². The minimum Gasteiger partial charge on any atom is -0.333 e. The Morgan fingerprint density at radius 1 is 1.40 bits per heavy atom. The zero-order valence-corrected chi connectivity index (χ0v) is 12.0. The molecule has 0 unspecified atom stereocenters. The number of nitrogens with zero attached hydrogens (tertiary/aromatic N) is 2. The molecule has 1 aromatic rings. The Morgan fingerprint density at radius 3 is 2.65 bits per heavy atom. The van der Waals surface area contributed by atoms with Gasteiger partial charge in [0.15, 0.2) is 0 Å². The van der Waals surface area contributed by atoms with Crippen LogP contribution in [-0.4, -0.2) is 29.8 Å². The number of hydrogen-bond donors (Lipinski definition) is 1. The smallest absolute Gasteiger partial charge is 0.243 e. The Labute approximate surface area is 119 Å². The van der Waals surface area contributed by atoms with Crippen LogP contribution in [0.3, 0.4) is 0 Å². The number of nitrogens with one attached hydrogen (secondary N) is 1. The van der Waals surface area contributed by atoms with Crippen LogP contribution in [0, 0.1) is 17.2 Å². The average molecular weight is 273 g/mol. The molecule has 0 spiro atoms. The third-order valence-corrected chi connectivity index (χ3v) is 2.64. The number of carbonyl (C=O) groups excluding carboxylic acids is 2. The van der Waals surface area contributed by atoms with Gasteiger partial charge in [-0.15, -0.1) is 0 Å². The second-order valence-corrected chi connectivity index (χ2v) is 5.03. The predicted molar refractivity (Wildman–Crippen MR) is 76.9 cm³/mol. The molecule has 0 saturated carbocycles. The Kier molecular flexibility index (Phi) is 5.73. The quantitative estimate of drug-likeness (QED) is 0.891. The molecule has 0 fully saturated rings. The van der Waals surface area contributed by atoms with Crippen molar-refractivity contribution < 1.29 is 9.59 Å². The maximum Gasteiger partial charge on any atom is 0.243 e. The third-order valence-electron chi connectivity index (χ3n) is 2.64. The number of benzene rings is 1. The van der Waals surface area contributed by atoms with Crippen molar-refractivity contribution in [3.8, 4) is 6.07 Å². The van der Waals surface area contributed by atoms with Gasteiger partial charge < -0.3 is 10.2 Å². The van der Waals surface area contributed by atoms with Gasteiger partial charge in [0.1, 0.15) is 0 Å². The normalized spacial score (nSPS) is 9.95. The highest BCUT2D eigenvalue weighted by molar-refractivity contribution is 5.94. The van der Waals surface area contributed by atoms with Crippen molar-refractivity contribution in [2.75, 3.05) is 18.4 Å². The van der Waals surface area contributed by atoms with Gasteiger partial charge in [0.05, 0.1) is 18.2 Å². The highest BCUT2D eigenvalue weighted by Gasteiger charge is 2.14. The summed E-state index contributed by atoms with van der Waals surface area (Å²) in [6, 6.07) is 8.68. The van der Waals surface area contributed by atoms with Gasteiger partial charge in [-0.05, 0) is 24.1 Å². The van der Waals surface area contributed by atoms with Crippen LogP contribution in [0.1, 0.15) is 26.3 Å². The lowest BCUT2D eigenvalue weighted by Gasteiger charge is -2.22. The Balaban J connectivity index is 2.66. The monoisotopic (exact) mass is 273 g/mol. The predicted octanol–water partition coefficient (Wildman–Crippen LogP) is 2.00. The fourth-order valence-corrected chi connectivity index (χ4v) is 1.79. The molecule has 0 saturated heterocycles. The van der Waals surface area contributed by atoms with Gasteiger partial charge in [-0.3, -0.25) is 9.59 Å². The van der Waals surface area contributed by atoms with Crippen LogP contribution in [0.25, 0.3) is 0 Å². The lowest BCUT2D eigenvalue weighted by molar-refractivity contribution is -0.133. The minimum absolute atomic E-state index is 0.0181. The first-order valence-electron chi connectivity index (χ1n) is 6.48. The topological polar surface area (TPSA) is 73.2 Å². The molecule has 0 bridgehead atoms. The van der Waals surface area contributed by atoms with E-state index in [0.29, 0.717) is 23.7 Å². The van der Waals surface area contributed by atoms with Gasteiger partial charge in [-0.25, -0.2) is 0 Å². The van der Waals surface area contributed by atoms with E-state index in [9.17, 15) is 9.59 Å². The Morgan fingerprint density at radius 2 is 2.10 bits per heavy atom. The highest BCUT2D eigenvalue weighted by atomic mass is 16.2. The van der Waals surface area contributed by atoms with Gasteiger partial charge in [0.25, 0.3) is 0 Å². The number of carbonyl (C=O) groups is 2. The lowest BCUT2D eigenvalue weighted by Crippen LogP contribution is -2.38. The van der Waals surface area contributed by atoms with Crippen LogP contribution in [0.4, 0.5) is 5.69 Å². The van der Waals surface area contributed by atoms with E-state index in [4.69, 9.17) is 5.26 Å². The van der Waals surface area contributed by atoms with Crippen LogP contribution < -0.4 is 5.32 Å². The molecule has 5 nitrogen and oxygen atoms in total. The van der Waals surface area contributed by atoms with Crippen LogP contribution >= 0.6 is 0 Å². The molecule has 5 heteroatoms. The van der Waals surface area contributed by atoms with Gasteiger partial charge >= 0.3 is 0 Å². The van der Waals surface area contributed by atoms with Crippen LogP contribution in [0.2, 0.25) is 0 Å². The summed E-state index contributed by atoms with van der Waals surface area (Å²) in [6.07, 6.45) is 0. The van der Waals surface area contributed by atoms with Crippen LogP contribution in [0.5, 0.6) is 0 Å². The summed E-state index contributed by atoms with van der Waals surface area (Å²) < 4.78 is 0. The molecule has 1 aromatic carbocycles. The molecular weight excluding hydrogens is 254 g/mol. The Bertz CT molecular complexity index is 532. The molecular formula is C15H19N3O2. The van der Waals surface area contributed by atoms with Crippen molar-refractivity contribution >= 4 is 17.5 Å². The first kappa shape index (κ1) is 15.7. The summed E-state index contributed by atoms with van der Waals surface area (Å²) in [5.41, 5.74) is 1.04. The van der Waals surface area contributed by atoms with Gasteiger partial charge in [0, 0.05) is 19.2 Å². The standard InChI is InChI=1S/C15H19N3O2/c1-11(2)9-18(12(3)19)10-15(20)17-14-6-4-5-13(7-14)8-16/h4-7,11H,9-10H2,1-3H3,(H,17,20). The van der Waals surface area contributed by atoms with Crippen LogP contribution in [-0.2, 0) is 9.59 Å². The van der Waals surface area contributed by atoms with Crippen molar-refractivity contribution in [2.24, 2.45) is 5.92 Å². The summed E-state index contributed by atoms with van der Waals surface area (Å²) in [7, 11) is 0. The first-order valence-corrected chi connectivity index (χ1v) is 6.48. The van der Waals surface area contributed by atoms with E-state index in [-0.39, 0.29) is 18.4 Å². The van der Waals surface area contributed by atoms with E-state index in [0.717, 1.165) is 0 Å². The molecule has 0 aliphatic rings. The summed E-state index contributed by atoms with van der Waals surface area (Å²) in [5.74, 6) is -0.0933. The van der Waals surface area contributed by atoms with E-state index < -0.39 is 0 Å². The number of nitriles is 1. The summed E-state index contributed by atoms with van der Waals surface area (Å²) in [6.45, 7) is 5.99. The molecule has 0 aliphatic heterocycles. The number of amides is 2. The maximum atomic E-state index is 11.9. The van der Waals surface area contributed by atoms with Gasteiger partial charge in [-0.2, -0.15) is 5.26 Å². The molecule has 1 rings (SSSR count). The summed E-state index contributed by atoms with van der Waals surface area (Å²) in [4.78, 5) is 24.9. The van der Waals surface area contributed by atoms with E-state index in [1.54, 1.807) is 24.3 Å². The fraction of sp³-hybridized carbons (Fsp3) is 0.400. The summed E-state index contributed by atoms with van der Waals surface area (Å²) >= 11 is 0. The molecule has 0 radical (unpaired) electrons. The molecule has 106 valence electrons. The number of anilines is 1. The largest absolute Gasteiger partial charge is 0.333 e. The van der Waals surface area contributed by atoms with Crippen molar-refractivity contribution in [3.63, 3.8) is 0 Å². The van der Waals surface area contributed by atoms with Crippen molar-refractivity contribution in [2.45, 2.75) is 20.8 Å². The second-order valence-electron chi connectivity index (χ2n) is 5.03. The SMILES string of the molecule is CC(=O)N(CC(=O)Nc1cccc(C#N)c1)CC(C)C. The average Bonchev–Trinajstić information content (AvgIpc) is 2.37. The van der Waals surface area contributed by atoms with Crippen molar-refractivity contribution in [1.29, 1.82) is 5.26 Å². The Hall–Kier alpha value is -2.35. The molecule has 0 atom stereocenters. The molecule has 0 aliphatic carbocycles. The van der Waals surface area contributed by atoms with E-state index in [1.165, 1.54) is 11.8 Å². The molecule has 20 heavy (non-hydrogen) atoms. The number of hydrogen-bond acceptors (Lipinski definition) is 3. The zero-order valence-electron chi connectivity index (χ0n) is 12.0. The molecule has 0 aromatic heterocycles. The third kappa shape index (κ3) is 5.11. The maximum absolute atomic E-state index is 11.9. The molecule has 0 heterocycles. The molecule has 1 N–H and O–H groups in total. The first-order chi connectivity index (χ1) is 9.42. The van der Waals surface area contributed by atoms with Crippen LogP contribution in [0.15, 0.2) is 24.3 Å². The highest BCUT2D eigenvalue weighted by Crippen LogP contribution is 2.10. The van der Waals surface area contributed by atoms with Crippen molar-refractivity contribution in [1.82, 2.24) is 4.90 Å². The summed E-state index contributed by atoms with van der Waals surface area (Å²) in [5, 5.41) is 11.5. The number of rotatable bonds is 5. The van der Waals surface area contributed by atoms with E-state index in [2.05, 4.69) is 5.32 Å². The fourth-order valence-electron chi connectivity index (χ4n) is 1.79. The lowest BCUT2D eigenvalue weighted by atomic mass is 10.2.